The fourth-order valence-corrected chi connectivity index (χ4v) is 7.81. The number of aryl methyl sites for hydroxylation is 2. The Bertz CT molecular complexity index is 1340. The molecule has 2 nitrogen and oxygen atoms in total. The standard InChI is InChI=1S/C55H90N2.Ni/c1-5-9-13-15-17-19-21-23-25-27-29-31-33-36-42-50-44-38-40-47-52(50)56-54(46-12-8-4)55(49-35-11-7-3)57-53-48-41-39-45-51(53)43-37-34-32-30-28-26-24-22-20-18-16-14-10-6-2;/h29-32,38-41,44-45,47-48H,5-28,33-37,42-43,46,49H2,1-4H3;. The van der Waals surface area contributed by atoms with E-state index in [-0.39, 0.29) is 16.5 Å². The van der Waals surface area contributed by atoms with E-state index in [1.54, 1.807) is 0 Å². The summed E-state index contributed by atoms with van der Waals surface area (Å²) in [6.45, 7) is 9.19. The first-order valence-electron chi connectivity index (χ1n) is 24.8. The summed E-state index contributed by atoms with van der Waals surface area (Å²) in [5.74, 6) is 0. The third kappa shape index (κ3) is 28.3. The van der Waals surface area contributed by atoms with Gasteiger partial charge in [0.2, 0.25) is 0 Å². The minimum absolute atomic E-state index is 0. The Morgan fingerprint density at radius 2 is 0.672 bits per heavy atom. The SMILES string of the molecule is CCCCCCCCCCCC=CCCCc1ccccc1N=C(CCCC)C(CCCCC)=Nc1ccccc1CCCC=CCCCCCCCCCCC.[Ni]. The average Bonchev–Trinajstić information content (AvgIpc) is 3.23. The Labute approximate surface area is 371 Å². The number of rotatable bonds is 38. The fraction of sp³-hybridized carbons (Fsp3) is 0.673. The summed E-state index contributed by atoms with van der Waals surface area (Å²) in [4.78, 5) is 11.0. The minimum Gasteiger partial charge on any atom is -0.251 e. The van der Waals surface area contributed by atoms with Gasteiger partial charge >= 0.3 is 0 Å². The van der Waals surface area contributed by atoms with Crippen molar-refractivity contribution in [3.8, 4) is 0 Å². The number of hydrogen-bond donors (Lipinski definition) is 0. The van der Waals surface area contributed by atoms with E-state index in [0.29, 0.717) is 0 Å². The number of nitrogens with zero attached hydrogens (tertiary/aromatic N) is 2. The summed E-state index contributed by atoms with van der Waals surface area (Å²) in [5, 5.41) is 0. The molecule has 0 amide bonds. The van der Waals surface area contributed by atoms with E-state index in [1.807, 2.05) is 0 Å². The van der Waals surface area contributed by atoms with E-state index < -0.39 is 0 Å². The van der Waals surface area contributed by atoms with E-state index in [1.165, 1.54) is 183 Å². The second-order valence-electron chi connectivity index (χ2n) is 16.9. The zero-order chi connectivity index (χ0) is 40.7. The van der Waals surface area contributed by atoms with Gasteiger partial charge in [-0.3, -0.25) is 9.98 Å². The van der Waals surface area contributed by atoms with Gasteiger partial charge in [0.25, 0.3) is 0 Å². The molecule has 0 saturated carbocycles. The smallest absolute Gasteiger partial charge is 0.0665 e. The van der Waals surface area contributed by atoms with Crippen molar-refractivity contribution < 1.29 is 16.5 Å². The van der Waals surface area contributed by atoms with Crippen LogP contribution in [0, 0.1) is 0 Å². The first kappa shape index (κ1) is 53.8. The zero-order valence-corrected chi connectivity index (χ0v) is 39.5. The van der Waals surface area contributed by atoms with Crippen LogP contribution >= 0.6 is 0 Å². The van der Waals surface area contributed by atoms with Crippen molar-refractivity contribution in [2.75, 3.05) is 0 Å². The molecular weight excluding hydrogens is 747 g/mol. The number of allylic oxidation sites excluding steroid dienone is 4. The molecule has 2 rings (SSSR count). The molecule has 330 valence electrons. The van der Waals surface area contributed by atoms with Crippen LogP contribution in [0.2, 0.25) is 0 Å². The summed E-state index contributed by atoms with van der Waals surface area (Å²) in [5.41, 5.74) is 7.45. The first-order valence-corrected chi connectivity index (χ1v) is 24.8. The molecule has 0 aromatic heterocycles. The van der Waals surface area contributed by atoms with E-state index in [9.17, 15) is 0 Å². The number of benzene rings is 2. The van der Waals surface area contributed by atoms with Crippen LogP contribution in [-0.2, 0) is 29.3 Å². The van der Waals surface area contributed by atoms with Crippen molar-refractivity contribution in [3.05, 3.63) is 84.0 Å². The Morgan fingerprint density at radius 3 is 1.07 bits per heavy atom. The van der Waals surface area contributed by atoms with Gasteiger partial charge in [-0.2, -0.15) is 0 Å². The van der Waals surface area contributed by atoms with Gasteiger partial charge in [-0.15, -0.1) is 0 Å². The molecule has 0 aliphatic rings. The van der Waals surface area contributed by atoms with Crippen LogP contribution in [0.15, 0.2) is 82.8 Å². The van der Waals surface area contributed by atoms with Crippen molar-refractivity contribution >= 4 is 22.8 Å². The average molecular weight is 838 g/mol. The van der Waals surface area contributed by atoms with Gasteiger partial charge in [0, 0.05) is 16.5 Å². The second-order valence-corrected chi connectivity index (χ2v) is 16.9. The van der Waals surface area contributed by atoms with E-state index in [4.69, 9.17) is 9.98 Å². The van der Waals surface area contributed by atoms with Crippen LogP contribution in [0.5, 0.6) is 0 Å². The molecule has 0 saturated heterocycles. The molecule has 0 heterocycles. The third-order valence-electron chi connectivity index (χ3n) is 11.5. The van der Waals surface area contributed by atoms with Crippen molar-refractivity contribution in [1.29, 1.82) is 0 Å². The van der Waals surface area contributed by atoms with Gasteiger partial charge in [-0.05, 0) is 113 Å². The van der Waals surface area contributed by atoms with Crippen molar-refractivity contribution in [2.24, 2.45) is 9.98 Å². The maximum Gasteiger partial charge on any atom is 0.0665 e. The Kier molecular flexibility index (Phi) is 37.2. The molecule has 0 fully saturated rings. The number of aliphatic imine (C=N–C) groups is 2. The molecule has 0 bridgehead atoms. The van der Waals surface area contributed by atoms with Crippen molar-refractivity contribution in [1.82, 2.24) is 0 Å². The van der Waals surface area contributed by atoms with Crippen LogP contribution in [0.4, 0.5) is 11.4 Å². The normalized spacial score (nSPS) is 12.3. The van der Waals surface area contributed by atoms with Crippen LogP contribution in [0.1, 0.15) is 238 Å². The maximum absolute atomic E-state index is 5.49. The molecule has 0 aliphatic carbocycles. The van der Waals surface area contributed by atoms with E-state index in [2.05, 4.69) is 101 Å². The Balaban J connectivity index is 0.0000168. The van der Waals surface area contributed by atoms with Gasteiger partial charge in [0.1, 0.15) is 0 Å². The summed E-state index contributed by atoms with van der Waals surface area (Å²) in [6.07, 6.45) is 52.1. The van der Waals surface area contributed by atoms with Crippen LogP contribution in [0.25, 0.3) is 0 Å². The summed E-state index contributed by atoms with van der Waals surface area (Å²) in [6, 6.07) is 17.8. The molecule has 0 unspecified atom stereocenters. The monoisotopic (exact) mass is 837 g/mol. The van der Waals surface area contributed by atoms with Gasteiger partial charge in [0.05, 0.1) is 22.8 Å². The van der Waals surface area contributed by atoms with E-state index >= 15 is 0 Å². The molecule has 58 heavy (non-hydrogen) atoms. The van der Waals surface area contributed by atoms with Gasteiger partial charge in [0.15, 0.2) is 0 Å². The molecule has 0 N–H and O–H groups in total. The summed E-state index contributed by atoms with van der Waals surface area (Å²) < 4.78 is 0. The zero-order valence-electron chi connectivity index (χ0n) is 38.5. The van der Waals surface area contributed by atoms with E-state index in [0.717, 1.165) is 62.7 Å². The number of hydrogen-bond acceptors (Lipinski definition) is 2. The predicted molar refractivity (Wildman–Crippen MR) is 259 cm³/mol. The molecule has 0 aliphatic heterocycles. The van der Waals surface area contributed by atoms with Gasteiger partial charge in [-0.25, -0.2) is 0 Å². The first-order chi connectivity index (χ1) is 28.2. The molecule has 3 heteroatoms. The quantitative estimate of drug-likeness (QED) is 0.0279. The van der Waals surface area contributed by atoms with Gasteiger partial charge in [-0.1, -0.05) is 210 Å². The van der Waals surface area contributed by atoms with Gasteiger partial charge < -0.3 is 0 Å². The van der Waals surface area contributed by atoms with Crippen LogP contribution in [-0.4, -0.2) is 11.4 Å². The molecule has 0 spiro atoms. The molecule has 2 aromatic rings. The molecular formula is C55H90N2Ni. The fourth-order valence-electron chi connectivity index (χ4n) is 7.81. The van der Waals surface area contributed by atoms with Crippen LogP contribution < -0.4 is 0 Å². The van der Waals surface area contributed by atoms with Crippen molar-refractivity contribution in [3.63, 3.8) is 0 Å². The second kappa shape index (κ2) is 40.2. The predicted octanol–water partition coefficient (Wildman–Crippen LogP) is 18.9. The van der Waals surface area contributed by atoms with Crippen molar-refractivity contribution in [2.45, 2.75) is 240 Å². The third-order valence-corrected chi connectivity index (χ3v) is 11.5. The molecule has 0 atom stereocenters. The Hall–Kier alpha value is -2.25. The Morgan fingerprint density at radius 1 is 0.362 bits per heavy atom. The number of unbranched alkanes of at least 4 members (excludes halogenated alkanes) is 23. The topological polar surface area (TPSA) is 24.7 Å². The van der Waals surface area contributed by atoms with Crippen LogP contribution in [0.3, 0.4) is 0 Å². The summed E-state index contributed by atoms with van der Waals surface area (Å²) in [7, 11) is 0. The minimum atomic E-state index is 0. The number of para-hydroxylation sites is 2. The largest absolute Gasteiger partial charge is 0.251 e. The maximum atomic E-state index is 5.49. The molecule has 0 radical (unpaired) electrons. The summed E-state index contributed by atoms with van der Waals surface area (Å²) >= 11 is 0. The molecule has 2 aromatic carbocycles.